The average molecular weight is 430 g/mol. The highest BCUT2D eigenvalue weighted by Gasteiger charge is 2.22. The predicted octanol–water partition coefficient (Wildman–Crippen LogP) is 1.87. The Hall–Kier alpha value is -2.50. The lowest BCUT2D eigenvalue weighted by Gasteiger charge is -2.14. The van der Waals surface area contributed by atoms with Gasteiger partial charge in [-0.1, -0.05) is 0 Å². The molecule has 0 aliphatic heterocycles. The fraction of sp³-hybridized carbons (Fsp3) is 0.235. The summed E-state index contributed by atoms with van der Waals surface area (Å²) in [5.41, 5.74) is -0.0799. The standard InChI is InChI=1S/C17H19FN2O6S2/c1-11-9-14(17(21)19-28(24,25)20(2)3)15(18)10-16(11)26-12-5-7-13(8-6-12)27(4,22)23/h5-10H,1-4H3,(H,19,21). The minimum absolute atomic E-state index is 0.0941. The SMILES string of the molecule is Cc1cc(C(=O)NS(=O)(=O)N(C)C)c(F)cc1Oc1ccc(S(C)(=O)=O)cc1. The first-order valence-electron chi connectivity index (χ1n) is 7.84. The number of hydrogen-bond acceptors (Lipinski definition) is 6. The third kappa shape index (κ3) is 5.06. The molecule has 1 amide bonds. The molecule has 0 spiro atoms. The number of ether oxygens (including phenoxy) is 1. The van der Waals surface area contributed by atoms with E-state index in [9.17, 15) is 26.0 Å². The third-order valence-electron chi connectivity index (χ3n) is 3.69. The van der Waals surface area contributed by atoms with Crippen LogP contribution in [0.3, 0.4) is 0 Å². The molecule has 0 aliphatic carbocycles. The summed E-state index contributed by atoms with van der Waals surface area (Å²) >= 11 is 0. The number of halogens is 1. The molecule has 8 nitrogen and oxygen atoms in total. The Morgan fingerprint density at radius 1 is 1.07 bits per heavy atom. The molecule has 152 valence electrons. The molecule has 0 aliphatic rings. The van der Waals surface area contributed by atoms with Crippen molar-refractivity contribution < 1.29 is 30.8 Å². The van der Waals surface area contributed by atoms with Crippen LogP contribution in [0.25, 0.3) is 0 Å². The molecule has 0 bridgehead atoms. The van der Waals surface area contributed by atoms with E-state index in [0.717, 1.165) is 22.7 Å². The first kappa shape index (κ1) is 21.8. The van der Waals surface area contributed by atoms with Crippen LogP contribution < -0.4 is 9.46 Å². The van der Waals surface area contributed by atoms with Crippen molar-refractivity contribution in [1.29, 1.82) is 0 Å². The topological polar surface area (TPSA) is 110 Å². The van der Waals surface area contributed by atoms with E-state index in [-0.39, 0.29) is 16.4 Å². The van der Waals surface area contributed by atoms with Gasteiger partial charge < -0.3 is 4.74 Å². The van der Waals surface area contributed by atoms with E-state index in [2.05, 4.69) is 0 Å². The summed E-state index contributed by atoms with van der Waals surface area (Å²) in [6.45, 7) is 1.55. The second kappa shape index (κ2) is 7.86. The van der Waals surface area contributed by atoms with Crippen LogP contribution in [-0.4, -0.2) is 47.4 Å². The fourth-order valence-corrected chi connectivity index (χ4v) is 3.25. The van der Waals surface area contributed by atoms with Gasteiger partial charge in [0.25, 0.3) is 5.91 Å². The Morgan fingerprint density at radius 2 is 1.64 bits per heavy atom. The molecular formula is C17H19FN2O6S2. The number of rotatable bonds is 6. The summed E-state index contributed by atoms with van der Waals surface area (Å²) in [4.78, 5) is 12.2. The molecule has 28 heavy (non-hydrogen) atoms. The minimum Gasteiger partial charge on any atom is -0.457 e. The van der Waals surface area contributed by atoms with Gasteiger partial charge in [0, 0.05) is 26.4 Å². The maximum absolute atomic E-state index is 14.4. The molecule has 0 radical (unpaired) electrons. The van der Waals surface area contributed by atoms with Gasteiger partial charge in [0.2, 0.25) is 0 Å². The van der Waals surface area contributed by atoms with Crippen molar-refractivity contribution in [1.82, 2.24) is 9.03 Å². The normalized spacial score (nSPS) is 12.1. The van der Waals surface area contributed by atoms with Gasteiger partial charge in [-0.05, 0) is 42.8 Å². The fourth-order valence-electron chi connectivity index (χ4n) is 2.09. The number of benzene rings is 2. The summed E-state index contributed by atoms with van der Waals surface area (Å²) < 4.78 is 68.8. The molecule has 11 heteroatoms. The second-order valence-corrected chi connectivity index (χ2v) is 10.1. The zero-order chi connectivity index (χ0) is 21.3. The van der Waals surface area contributed by atoms with Crippen molar-refractivity contribution in [3.8, 4) is 11.5 Å². The highest BCUT2D eigenvalue weighted by atomic mass is 32.2. The number of amides is 1. The van der Waals surface area contributed by atoms with E-state index >= 15 is 0 Å². The van der Waals surface area contributed by atoms with Gasteiger partial charge in [-0.15, -0.1) is 0 Å². The van der Waals surface area contributed by atoms with E-state index in [1.165, 1.54) is 38.4 Å². The van der Waals surface area contributed by atoms with Crippen LogP contribution in [0.2, 0.25) is 0 Å². The van der Waals surface area contributed by atoms with E-state index in [1.807, 2.05) is 0 Å². The quantitative estimate of drug-likeness (QED) is 0.749. The van der Waals surface area contributed by atoms with Crippen LogP contribution in [0, 0.1) is 12.7 Å². The zero-order valence-corrected chi connectivity index (χ0v) is 17.2. The first-order valence-corrected chi connectivity index (χ1v) is 11.2. The smallest absolute Gasteiger partial charge is 0.303 e. The Balaban J connectivity index is 2.28. The number of nitrogens with zero attached hydrogens (tertiary/aromatic N) is 1. The summed E-state index contributed by atoms with van der Waals surface area (Å²) in [6.07, 6.45) is 1.07. The molecule has 0 saturated heterocycles. The maximum atomic E-state index is 14.4. The van der Waals surface area contributed by atoms with Crippen molar-refractivity contribution in [2.24, 2.45) is 0 Å². The summed E-state index contributed by atoms with van der Waals surface area (Å²) in [5.74, 6) is -1.72. The van der Waals surface area contributed by atoms with Gasteiger partial charge in [-0.25, -0.2) is 17.5 Å². The van der Waals surface area contributed by atoms with E-state index < -0.39 is 37.3 Å². The molecule has 2 aromatic carbocycles. The molecular weight excluding hydrogens is 411 g/mol. The third-order valence-corrected chi connectivity index (χ3v) is 6.22. The Bertz CT molecular complexity index is 1110. The minimum atomic E-state index is -4.06. The summed E-state index contributed by atoms with van der Waals surface area (Å²) in [7, 11) is -4.97. The maximum Gasteiger partial charge on any atom is 0.303 e. The molecule has 1 N–H and O–H groups in total. The van der Waals surface area contributed by atoms with Crippen molar-refractivity contribution in [3.05, 3.63) is 53.3 Å². The molecule has 0 saturated carbocycles. The molecule has 0 atom stereocenters. The zero-order valence-electron chi connectivity index (χ0n) is 15.6. The Morgan fingerprint density at radius 3 is 2.14 bits per heavy atom. The van der Waals surface area contributed by atoms with Gasteiger partial charge in [0.05, 0.1) is 10.5 Å². The Labute approximate surface area is 163 Å². The number of aryl methyl sites for hydroxylation is 1. The number of carbonyl (C=O) groups is 1. The van der Waals surface area contributed by atoms with Gasteiger partial charge in [-0.3, -0.25) is 4.79 Å². The largest absolute Gasteiger partial charge is 0.457 e. The van der Waals surface area contributed by atoms with Gasteiger partial charge in [-0.2, -0.15) is 12.7 Å². The van der Waals surface area contributed by atoms with Gasteiger partial charge in [0.15, 0.2) is 9.84 Å². The first-order chi connectivity index (χ1) is 12.8. The van der Waals surface area contributed by atoms with Crippen molar-refractivity contribution in [2.45, 2.75) is 11.8 Å². The average Bonchev–Trinajstić information content (AvgIpc) is 2.57. The molecule has 0 unspecified atom stereocenters. The summed E-state index contributed by atoms with van der Waals surface area (Å²) in [5, 5.41) is 0. The van der Waals surface area contributed by atoms with E-state index in [4.69, 9.17) is 4.74 Å². The van der Waals surface area contributed by atoms with Gasteiger partial charge >= 0.3 is 10.2 Å². The molecule has 2 rings (SSSR count). The van der Waals surface area contributed by atoms with Crippen LogP contribution in [0.15, 0.2) is 41.3 Å². The second-order valence-electron chi connectivity index (χ2n) is 6.16. The van der Waals surface area contributed by atoms with Crippen LogP contribution in [0.5, 0.6) is 11.5 Å². The Kier molecular flexibility index (Phi) is 6.12. The summed E-state index contributed by atoms with van der Waals surface area (Å²) in [6, 6.07) is 7.65. The van der Waals surface area contributed by atoms with E-state index in [1.54, 1.807) is 11.6 Å². The molecule has 2 aromatic rings. The number of sulfone groups is 1. The number of carbonyl (C=O) groups excluding carboxylic acids is 1. The van der Waals surface area contributed by atoms with Crippen molar-refractivity contribution in [2.75, 3.05) is 20.4 Å². The molecule has 0 heterocycles. The highest BCUT2D eigenvalue weighted by molar-refractivity contribution is 7.90. The van der Waals surface area contributed by atoms with Crippen molar-refractivity contribution in [3.63, 3.8) is 0 Å². The van der Waals surface area contributed by atoms with Crippen LogP contribution in [0.1, 0.15) is 15.9 Å². The van der Waals surface area contributed by atoms with Gasteiger partial charge in [0.1, 0.15) is 17.3 Å². The lowest BCUT2D eigenvalue weighted by Crippen LogP contribution is -2.39. The lowest BCUT2D eigenvalue weighted by atomic mass is 10.1. The predicted molar refractivity (Wildman–Crippen MR) is 101 cm³/mol. The molecule has 0 fully saturated rings. The van der Waals surface area contributed by atoms with Crippen molar-refractivity contribution >= 4 is 26.0 Å². The number of nitrogens with one attached hydrogen (secondary N) is 1. The number of hydrogen-bond donors (Lipinski definition) is 1. The van der Waals surface area contributed by atoms with Crippen LogP contribution in [0.4, 0.5) is 4.39 Å². The monoisotopic (exact) mass is 430 g/mol. The van der Waals surface area contributed by atoms with Crippen LogP contribution >= 0.6 is 0 Å². The van der Waals surface area contributed by atoms with E-state index in [0.29, 0.717) is 5.56 Å². The highest BCUT2D eigenvalue weighted by Crippen LogP contribution is 2.28. The lowest BCUT2D eigenvalue weighted by molar-refractivity contribution is 0.0975. The van der Waals surface area contributed by atoms with Crippen LogP contribution in [-0.2, 0) is 20.0 Å². The molecule has 0 aromatic heterocycles.